The highest BCUT2D eigenvalue weighted by atomic mass is 16.6. The zero-order valence-corrected chi connectivity index (χ0v) is 7.48. The lowest BCUT2D eigenvalue weighted by Crippen LogP contribution is -2.37. The van der Waals surface area contributed by atoms with Crippen molar-refractivity contribution in [1.29, 1.82) is 0 Å². The third-order valence-corrected chi connectivity index (χ3v) is 4.01. The minimum Gasteiger partial charge on any atom is -0.462 e. The van der Waals surface area contributed by atoms with Gasteiger partial charge in [0.2, 0.25) is 0 Å². The number of aliphatic hydroxyl groups is 1. The molecule has 0 aromatic rings. The Labute approximate surface area is 77.1 Å². The topological polar surface area (TPSA) is 46.5 Å². The third-order valence-electron chi connectivity index (χ3n) is 4.01. The quantitative estimate of drug-likeness (QED) is 0.561. The van der Waals surface area contributed by atoms with Crippen molar-refractivity contribution in [1.82, 2.24) is 0 Å². The van der Waals surface area contributed by atoms with Gasteiger partial charge in [0.1, 0.15) is 6.10 Å². The van der Waals surface area contributed by atoms with Gasteiger partial charge in [0.05, 0.1) is 12.0 Å². The molecule has 0 bridgehead atoms. The molecule has 1 aliphatic heterocycles. The van der Waals surface area contributed by atoms with Crippen LogP contribution in [-0.2, 0) is 9.53 Å². The fraction of sp³-hybridized carbons (Fsp3) is 0.900. The highest BCUT2D eigenvalue weighted by Gasteiger charge is 2.55. The van der Waals surface area contributed by atoms with Crippen molar-refractivity contribution in [2.75, 3.05) is 0 Å². The molecule has 0 aromatic carbocycles. The molecule has 3 rings (SSSR count). The van der Waals surface area contributed by atoms with Crippen molar-refractivity contribution in [3.8, 4) is 0 Å². The standard InChI is InChI=1S/C10H14O3/c11-7-3-4-8-9-5(7)1-2-6(9)10(12)13-8/h5-9,11H,1-4H2/t5-,6+,7-,8-,9-/m1/s1. The van der Waals surface area contributed by atoms with Gasteiger partial charge >= 0.3 is 5.97 Å². The number of hydrogen-bond donors (Lipinski definition) is 1. The second-order valence-electron chi connectivity index (χ2n) is 4.55. The highest BCUT2D eigenvalue weighted by Crippen LogP contribution is 2.51. The summed E-state index contributed by atoms with van der Waals surface area (Å²) in [5.74, 6) is 0.794. The molecule has 0 unspecified atom stereocenters. The molecular formula is C10H14O3. The van der Waals surface area contributed by atoms with Gasteiger partial charge in [-0.25, -0.2) is 0 Å². The molecule has 3 aliphatic rings. The molecule has 1 heterocycles. The van der Waals surface area contributed by atoms with Crippen molar-refractivity contribution < 1.29 is 14.6 Å². The first kappa shape index (κ1) is 7.80. The maximum Gasteiger partial charge on any atom is 0.309 e. The summed E-state index contributed by atoms with van der Waals surface area (Å²) >= 11 is 0. The molecule has 13 heavy (non-hydrogen) atoms. The van der Waals surface area contributed by atoms with Crippen LogP contribution in [-0.4, -0.2) is 23.3 Å². The van der Waals surface area contributed by atoms with E-state index >= 15 is 0 Å². The van der Waals surface area contributed by atoms with Crippen molar-refractivity contribution in [2.45, 2.75) is 37.9 Å². The molecule has 2 aliphatic carbocycles. The normalized spacial score (nSPS) is 53.3. The molecule has 0 radical (unpaired) electrons. The molecule has 3 fully saturated rings. The van der Waals surface area contributed by atoms with E-state index in [1.165, 1.54) is 0 Å². The first-order chi connectivity index (χ1) is 6.27. The summed E-state index contributed by atoms with van der Waals surface area (Å²) in [6.45, 7) is 0. The summed E-state index contributed by atoms with van der Waals surface area (Å²) in [7, 11) is 0. The average Bonchev–Trinajstić information content (AvgIpc) is 2.64. The fourth-order valence-electron chi connectivity index (χ4n) is 3.43. The smallest absolute Gasteiger partial charge is 0.309 e. The monoisotopic (exact) mass is 182 g/mol. The average molecular weight is 182 g/mol. The van der Waals surface area contributed by atoms with Gasteiger partial charge in [-0.1, -0.05) is 0 Å². The van der Waals surface area contributed by atoms with Crippen LogP contribution in [0, 0.1) is 17.8 Å². The minimum atomic E-state index is -0.180. The summed E-state index contributed by atoms with van der Waals surface area (Å²) in [5, 5.41) is 9.76. The largest absolute Gasteiger partial charge is 0.462 e. The van der Waals surface area contributed by atoms with Gasteiger partial charge in [-0.2, -0.15) is 0 Å². The molecule has 0 spiro atoms. The van der Waals surface area contributed by atoms with Gasteiger partial charge in [0.15, 0.2) is 0 Å². The maximum absolute atomic E-state index is 11.4. The molecule has 5 atom stereocenters. The molecule has 0 aromatic heterocycles. The van der Waals surface area contributed by atoms with Crippen LogP contribution in [0.4, 0.5) is 0 Å². The van der Waals surface area contributed by atoms with E-state index in [1.54, 1.807) is 0 Å². The SMILES string of the molecule is O=C1O[C@@H]2CC[C@@H](O)[C@H]3CC[C@H]1[C@@H]32. The Bertz CT molecular complexity index is 251. The summed E-state index contributed by atoms with van der Waals surface area (Å²) in [5.41, 5.74) is 0. The number of ether oxygens (including phenoxy) is 1. The van der Waals surface area contributed by atoms with E-state index in [0.29, 0.717) is 11.8 Å². The lowest BCUT2D eigenvalue weighted by molar-refractivity contribution is -0.146. The van der Waals surface area contributed by atoms with Crippen LogP contribution >= 0.6 is 0 Å². The fourth-order valence-corrected chi connectivity index (χ4v) is 3.43. The molecular weight excluding hydrogens is 168 g/mol. The predicted octanol–water partition coefficient (Wildman–Crippen LogP) is 0.709. The molecule has 2 saturated carbocycles. The van der Waals surface area contributed by atoms with E-state index < -0.39 is 0 Å². The van der Waals surface area contributed by atoms with E-state index in [1.807, 2.05) is 0 Å². The lowest BCUT2D eigenvalue weighted by Gasteiger charge is -2.32. The van der Waals surface area contributed by atoms with Crippen molar-refractivity contribution in [3.63, 3.8) is 0 Å². The van der Waals surface area contributed by atoms with Gasteiger partial charge < -0.3 is 9.84 Å². The number of carbonyl (C=O) groups excluding carboxylic acids is 1. The van der Waals surface area contributed by atoms with Crippen LogP contribution < -0.4 is 0 Å². The van der Waals surface area contributed by atoms with E-state index in [2.05, 4.69) is 0 Å². The van der Waals surface area contributed by atoms with Crippen molar-refractivity contribution in [3.05, 3.63) is 0 Å². The maximum atomic E-state index is 11.4. The first-order valence-electron chi connectivity index (χ1n) is 5.16. The first-order valence-corrected chi connectivity index (χ1v) is 5.16. The van der Waals surface area contributed by atoms with Gasteiger partial charge in [-0.05, 0) is 31.6 Å². The molecule has 0 amide bonds. The second kappa shape index (κ2) is 2.47. The summed E-state index contributed by atoms with van der Waals surface area (Å²) in [6, 6.07) is 0. The lowest BCUT2D eigenvalue weighted by atomic mass is 9.76. The van der Waals surface area contributed by atoms with Crippen molar-refractivity contribution >= 4 is 5.97 Å². The summed E-state index contributed by atoms with van der Waals surface area (Å²) in [6.07, 6.45) is 3.58. The Morgan fingerprint density at radius 2 is 2.08 bits per heavy atom. The Balaban J connectivity index is 1.93. The number of hydrogen-bond acceptors (Lipinski definition) is 3. The van der Waals surface area contributed by atoms with Gasteiger partial charge in [-0.3, -0.25) is 4.79 Å². The van der Waals surface area contributed by atoms with E-state index in [0.717, 1.165) is 25.7 Å². The number of carbonyl (C=O) groups is 1. The van der Waals surface area contributed by atoms with Crippen LogP contribution in [0.15, 0.2) is 0 Å². The number of rotatable bonds is 0. The summed E-state index contributed by atoms with van der Waals surface area (Å²) in [4.78, 5) is 11.4. The summed E-state index contributed by atoms with van der Waals surface area (Å²) < 4.78 is 5.30. The predicted molar refractivity (Wildman–Crippen MR) is 44.8 cm³/mol. The van der Waals surface area contributed by atoms with E-state index in [-0.39, 0.29) is 24.1 Å². The van der Waals surface area contributed by atoms with E-state index in [9.17, 15) is 9.90 Å². The van der Waals surface area contributed by atoms with Gasteiger partial charge in [-0.15, -0.1) is 0 Å². The van der Waals surface area contributed by atoms with Crippen molar-refractivity contribution in [2.24, 2.45) is 17.8 Å². The molecule has 3 nitrogen and oxygen atoms in total. The Morgan fingerprint density at radius 3 is 2.92 bits per heavy atom. The van der Waals surface area contributed by atoms with Crippen LogP contribution in [0.25, 0.3) is 0 Å². The second-order valence-corrected chi connectivity index (χ2v) is 4.55. The Morgan fingerprint density at radius 1 is 1.23 bits per heavy atom. The zero-order chi connectivity index (χ0) is 9.00. The Kier molecular flexibility index (Phi) is 1.48. The van der Waals surface area contributed by atoms with Crippen LogP contribution in [0.1, 0.15) is 25.7 Å². The van der Waals surface area contributed by atoms with Gasteiger partial charge in [0, 0.05) is 5.92 Å². The van der Waals surface area contributed by atoms with Crippen LogP contribution in [0.3, 0.4) is 0 Å². The molecule has 72 valence electrons. The zero-order valence-electron chi connectivity index (χ0n) is 7.48. The minimum absolute atomic E-state index is 0.00778. The van der Waals surface area contributed by atoms with Crippen LogP contribution in [0.2, 0.25) is 0 Å². The van der Waals surface area contributed by atoms with E-state index in [4.69, 9.17) is 4.74 Å². The number of esters is 1. The Hall–Kier alpha value is -0.570. The highest BCUT2D eigenvalue weighted by molar-refractivity contribution is 5.76. The molecule has 1 N–H and O–H groups in total. The molecule has 1 saturated heterocycles. The molecule has 3 heteroatoms. The number of aliphatic hydroxyl groups excluding tert-OH is 1. The third kappa shape index (κ3) is 0.909. The van der Waals surface area contributed by atoms with Gasteiger partial charge in [0.25, 0.3) is 0 Å². The van der Waals surface area contributed by atoms with Crippen LogP contribution in [0.5, 0.6) is 0 Å².